The molecule has 0 bridgehead atoms. The summed E-state index contributed by atoms with van der Waals surface area (Å²) in [4.78, 5) is 38.3. The number of fused-ring (bicyclic) bond motifs is 1. The molecule has 0 atom stereocenters. The highest BCUT2D eigenvalue weighted by Gasteiger charge is 2.23. The molecule has 0 radical (unpaired) electrons. The number of benzene rings is 1. The number of non-ortho nitro benzene ring substituents is 1. The second-order valence-electron chi connectivity index (χ2n) is 5.29. The normalized spacial score (nSPS) is 14.0. The van der Waals surface area contributed by atoms with E-state index in [1.165, 1.54) is 29.1 Å². The summed E-state index contributed by atoms with van der Waals surface area (Å²) in [5, 5.41) is 13.8. The molecule has 8 nitrogen and oxygen atoms in total. The molecule has 1 saturated carbocycles. The summed E-state index contributed by atoms with van der Waals surface area (Å²) in [6.07, 6.45) is 3.55. The number of nitro benzene ring substituents is 1. The Balaban J connectivity index is 1.83. The molecule has 3 rings (SSSR count). The monoisotopic (exact) mass is 302 g/mol. The standard InChI is InChI=1S/C14H14N4O4/c19-13(16-9-1-2-9)5-6-17-8-15-12-4-3-10(18(21)22)7-11(12)14(17)20/h3-4,7-9H,1-2,5-6H2,(H,16,19). The zero-order chi connectivity index (χ0) is 15.7. The van der Waals surface area contributed by atoms with Crippen LogP contribution in [0.3, 0.4) is 0 Å². The molecule has 0 unspecified atom stereocenters. The van der Waals surface area contributed by atoms with Gasteiger partial charge in [0.05, 0.1) is 22.2 Å². The lowest BCUT2D eigenvalue weighted by Gasteiger charge is -2.07. The van der Waals surface area contributed by atoms with Crippen molar-refractivity contribution in [2.24, 2.45) is 0 Å². The van der Waals surface area contributed by atoms with E-state index in [2.05, 4.69) is 10.3 Å². The molecular formula is C14H14N4O4. The summed E-state index contributed by atoms with van der Waals surface area (Å²) in [6, 6.07) is 4.24. The fourth-order valence-corrected chi connectivity index (χ4v) is 2.17. The number of hydrogen-bond donors (Lipinski definition) is 1. The Morgan fingerprint density at radius 3 is 2.91 bits per heavy atom. The number of rotatable bonds is 5. The van der Waals surface area contributed by atoms with Crippen LogP contribution < -0.4 is 10.9 Å². The Morgan fingerprint density at radius 1 is 1.45 bits per heavy atom. The number of aryl methyl sites for hydroxylation is 1. The van der Waals surface area contributed by atoms with Gasteiger partial charge in [-0.15, -0.1) is 0 Å². The summed E-state index contributed by atoms with van der Waals surface area (Å²) in [5.41, 5.74) is -0.141. The van der Waals surface area contributed by atoms with Gasteiger partial charge in [-0.1, -0.05) is 0 Å². The predicted molar refractivity (Wildman–Crippen MR) is 78.4 cm³/mol. The average molecular weight is 302 g/mol. The largest absolute Gasteiger partial charge is 0.353 e. The summed E-state index contributed by atoms with van der Waals surface area (Å²) in [7, 11) is 0. The Bertz CT molecular complexity index is 810. The number of carbonyl (C=O) groups excluding carboxylic acids is 1. The van der Waals surface area contributed by atoms with Crippen LogP contribution in [0.1, 0.15) is 19.3 Å². The molecule has 1 heterocycles. The van der Waals surface area contributed by atoms with E-state index in [-0.39, 0.29) is 41.5 Å². The van der Waals surface area contributed by atoms with Gasteiger partial charge in [0.25, 0.3) is 11.2 Å². The lowest BCUT2D eigenvalue weighted by atomic mass is 10.2. The third kappa shape index (κ3) is 2.95. The van der Waals surface area contributed by atoms with Crippen LogP contribution in [0, 0.1) is 10.1 Å². The van der Waals surface area contributed by atoms with Crippen molar-refractivity contribution < 1.29 is 9.72 Å². The van der Waals surface area contributed by atoms with Gasteiger partial charge in [0, 0.05) is 31.1 Å². The van der Waals surface area contributed by atoms with Crippen LogP contribution >= 0.6 is 0 Å². The quantitative estimate of drug-likeness (QED) is 0.654. The lowest BCUT2D eigenvalue weighted by molar-refractivity contribution is -0.384. The van der Waals surface area contributed by atoms with Gasteiger partial charge in [-0.2, -0.15) is 0 Å². The molecule has 0 aliphatic heterocycles. The minimum atomic E-state index is -0.556. The second kappa shape index (κ2) is 5.55. The SMILES string of the molecule is O=C(CCn1cnc2ccc([N+](=O)[O-])cc2c1=O)NC1CC1. The number of carbonyl (C=O) groups is 1. The maximum absolute atomic E-state index is 12.3. The van der Waals surface area contributed by atoms with Gasteiger partial charge < -0.3 is 5.32 Å². The molecule has 8 heteroatoms. The number of nitrogens with one attached hydrogen (secondary N) is 1. The Kier molecular flexibility index (Phi) is 3.58. The Morgan fingerprint density at radius 2 is 2.23 bits per heavy atom. The molecule has 1 aromatic heterocycles. The van der Waals surface area contributed by atoms with Gasteiger partial charge in [0.1, 0.15) is 0 Å². The van der Waals surface area contributed by atoms with Gasteiger partial charge in [-0.3, -0.25) is 24.3 Å². The molecule has 1 aliphatic carbocycles. The van der Waals surface area contributed by atoms with E-state index in [0.29, 0.717) is 5.52 Å². The van der Waals surface area contributed by atoms with E-state index in [1.807, 2.05) is 0 Å². The number of aromatic nitrogens is 2. The molecule has 1 aromatic carbocycles. The molecule has 1 amide bonds. The van der Waals surface area contributed by atoms with Crippen LogP contribution in [-0.4, -0.2) is 26.4 Å². The topological polar surface area (TPSA) is 107 Å². The smallest absolute Gasteiger partial charge is 0.270 e. The maximum Gasteiger partial charge on any atom is 0.270 e. The zero-order valence-corrected chi connectivity index (χ0v) is 11.7. The fourth-order valence-electron chi connectivity index (χ4n) is 2.17. The van der Waals surface area contributed by atoms with E-state index in [1.54, 1.807) is 0 Å². The number of nitrogens with zero attached hydrogens (tertiary/aromatic N) is 3. The van der Waals surface area contributed by atoms with Crippen molar-refractivity contribution in [1.29, 1.82) is 0 Å². The Labute approximate surface area is 124 Å². The third-order valence-corrected chi connectivity index (χ3v) is 3.54. The first-order valence-electron chi connectivity index (χ1n) is 6.97. The molecule has 22 heavy (non-hydrogen) atoms. The number of amides is 1. The molecule has 1 aliphatic rings. The van der Waals surface area contributed by atoms with E-state index >= 15 is 0 Å². The molecule has 0 spiro atoms. The van der Waals surface area contributed by atoms with Crippen molar-refractivity contribution >= 4 is 22.5 Å². The first-order chi connectivity index (χ1) is 10.5. The Hall–Kier alpha value is -2.77. The van der Waals surface area contributed by atoms with Gasteiger partial charge in [-0.05, 0) is 18.9 Å². The third-order valence-electron chi connectivity index (χ3n) is 3.54. The maximum atomic E-state index is 12.3. The first-order valence-corrected chi connectivity index (χ1v) is 6.97. The zero-order valence-electron chi connectivity index (χ0n) is 11.7. The van der Waals surface area contributed by atoms with Crippen molar-refractivity contribution in [3.05, 3.63) is 45.0 Å². The second-order valence-corrected chi connectivity index (χ2v) is 5.29. The summed E-state index contributed by atoms with van der Waals surface area (Å²) < 4.78 is 1.30. The molecule has 2 aromatic rings. The number of nitro groups is 1. The highest BCUT2D eigenvalue weighted by Crippen LogP contribution is 2.18. The van der Waals surface area contributed by atoms with Crippen molar-refractivity contribution in [3.63, 3.8) is 0 Å². The number of hydrogen-bond acceptors (Lipinski definition) is 5. The van der Waals surface area contributed by atoms with Crippen molar-refractivity contribution in [2.75, 3.05) is 0 Å². The summed E-state index contributed by atoms with van der Waals surface area (Å²) in [6.45, 7) is 0.197. The summed E-state index contributed by atoms with van der Waals surface area (Å²) >= 11 is 0. The van der Waals surface area contributed by atoms with Gasteiger partial charge in [0.15, 0.2) is 0 Å². The van der Waals surface area contributed by atoms with Crippen LogP contribution in [-0.2, 0) is 11.3 Å². The predicted octanol–water partition coefficient (Wildman–Crippen LogP) is 0.973. The minimum Gasteiger partial charge on any atom is -0.353 e. The molecular weight excluding hydrogens is 288 g/mol. The molecule has 114 valence electrons. The van der Waals surface area contributed by atoms with Gasteiger partial charge in [0.2, 0.25) is 5.91 Å². The molecule has 1 fully saturated rings. The fraction of sp³-hybridized carbons (Fsp3) is 0.357. The van der Waals surface area contributed by atoms with E-state index < -0.39 is 4.92 Å². The lowest BCUT2D eigenvalue weighted by Crippen LogP contribution is -2.28. The van der Waals surface area contributed by atoms with Crippen LogP contribution in [0.4, 0.5) is 5.69 Å². The highest BCUT2D eigenvalue weighted by molar-refractivity contribution is 5.80. The summed E-state index contributed by atoms with van der Waals surface area (Å²) in [5.74, 6) is -0.103. The van der Waals surface area contributed by atoms with Crippen LogP contribution in [0.5, 0.6) is 0 Å². The highest BCUT2D eigenvalue weighted by atomic mass is 16.6. The van der Waals surface area contributed by atoms with Crippen LogP contribution in [0.2, 0.25) is 0 Å². The van der Waals surface area contributed by atoms with E-state index in [0.717, 1.165) is 12.8 Å². The first kappa shape index (κ1) is 14.2. The van der Waals surface area contributed by atoms with E-state index in [4.69, 9.17) is 0 Å². The molecule has 0 saturated heterocycles. The molecule has 1 N–H and O–H groups in total. The van der Waals surface area contributed by atoms with Crippen molar-refractivity contribution in [2.45, 2.75) is 31.8 Å². The van der Waals surface area contributed by atoms with Gasteiger partial charge in [-0.25, -0.2) is 4.98 Å². The van der Waals surface area contributed by atoms with Crippen molar-refractivity contribution in [1.82, 2.24) is 14.9 Å². The van der Waals surface area contributed by atoms with Crippen molar-refractivity contribution in [3.8, 4) is 0 Å². The average Bonchev–Trinajstić information content (AvgIpc) is 3.30. The van der Waals surface area contributed by atoms with Crippen LogP contribution in [0.25, 0.3) is 10.9 Å². The van der Waals surface area contributed by atoms with E-state index in [9.17, 15) is 19.7 Å². The van der Waals surface area contributed by atoms with Crippen LogP contribution in [0.15, 0.2) is 29.3 Å². The van der Waals surface area contributed by atoms with Gasteiger partial charge >= 0.3 is 0 Å². The minimum absolute atomic E-state index is 0.103.